The summed E-state index contributed by atoms with van der Waals surface area (Å²) >= 11 is 1.31. The summed E-state index contributed by atoms with van der Waals surface area (Å²) in [5.41, 5.74) is 7.49. The van der Waals surface area contributed by atoms with Gasteiger partial charge in [-0.25, -0.2) is 4.98 Å². The van der Waals surface area contributed by atoms with Gasteiger partial charge >= 0.3 is 5.97 Å². The smallest absolute Gasteiger partial charge is 0.310 e. The van der Waals surface area contributed by atoms with Crippen LogP contribution in [-0.4, -0.2) is 30.0 Å². The third-order valence-electron chi connectivity index (χ3n) is 4.35. The van der Waals surface area contributed by atoms with E-state index < -0.39 is 0 Å². The number of ether oxygens (including phenoxy) is 1. The Morgan fingerprint density at radius 2 is 2.08 bits per heavy atom. The predicted molar refractivity (Wildman–Crippen MR) is 97.2 cm³/mol. The quantitative estimate of drug-likeness (QED) is 0.800. The fourth-order valence-electron chi connectivity index (χ4n) is 3.01. The van der Waals surface area contributed by atoms with Crippen LogP contribution in [0, 0.1) is 5.92 Å². The van der Waals surface area contributed by atoms with Gasteiger partial charge in [0.2, 0.25) is 5.91 Å². The highest BCUT2D eigenvalue weighted by Crippen LogP contribution is 2.33. The van der Waals surface area contributed by atoms with Gasteiger partial charge in [-0.1, -0.05) is 30.3 Å². The lowest BCUT2D eigenvalue weighted by Crippen LogP contribution is -2.23. The number of esters is 1. The van der Waals surface area contributed by atoms with E-state index >= 15 is 0 Å². The first-order valence-corrected chi connectivity index (χ1v) is 9.07. The highest BCUT2D eigenvalue weighted by Gasteiger charge is 2.28. The molecular weight excluding hydrogens is 338 g/mol. The highest BCUT2D eigenvalue weighted by atomic mass is 32.1. The van der Waals surface area contributed by atoms with Gasteiger partial charge < -0.3 is 15.8 Å². The molecule has 1 aromatic carbocycles. The molecule has 6 nitrogen and oxygen atoms in total. The van der Waals surface area contributed by atoms with E-state index in [-0.39, 0.29) is 30.3 Å². The van der Waals surface area contributed by atoms with E-state index in [2.05, 4.69) is 10.3 Å². The molecule has 0 radical (unpaired) electrons. The Bertz CT molecular complexity index is 760. The first kappa shape index (κ1) is 17.6. The number of nitrogens with zero attached hydrogens (tertiary/aromatic N) is 1. The number of amides is 1. The SMILES string of the molecule is COC(=O)Cc1sc(NC(=O)C2CCC(N)C2)nc1-c1ccccc1. The monoisotopic (exact) mass is 359 g/mol. The molecule has 2 unspecified atom stereocenters. The summed E-state index contributed by atoms with van der Waals surface area (Å²) in [5.74, 6) is -0.450. The molecule has 2 aromatic rings. The van der Waals surface area contributed by atoms with E-state index in [1.807, 2.05) is 30.3 Å². The minimum absolute atomic E-state index is 0.0501. The summed E-state index contributed by atoms with van der Waals surface area (Å²) in [5, 5.41) is 3.39. The fourth-order valence-corrected chi connectivity index (χ4v) is 3.98. The third kappa shape index (κ3) is 4.24. The average Bonchev–Trinajstić information content (AvgIpc) is 3.22. The van der Waals surface area contributed by atoms with E-state index in [1.165, 1.54) is 18.4 Å². The lowest BCUT2D eigenvalue weighted by Gasteiger charge is -2.08. The summed E-state index contributed by atoms with van der Waals surface area (Å²) in [6.07, 6.45) is 2.51. The number of nitrogens with two attached hydrogens (primary N) is 1. The summed E-state index contributed by atoms with van der Waals surface area (Å²) in [4.78, 5) is 29.4. The molecule has 1 aliphatic rings. The number of thiazole rings is 1. The average molecular weight is 359 g/mol. The number of methoxy groups -OCH3 is 1. The normalized spacial score (nSPS) is 19.6. The molecule has 25 heavy (non-hydrogen) atoms. The Balaban J connectivity index is 1.82. The van der Waals surface area contributed by atoms with Crippen LogP contribution in [0.4, 0.5) is 5.13 Å². The molecule has 0 spiro atoms. The van der Waals surface area contributed by atoms with Gasteiger partial charge in [-0.3, -0.25) is 9.59 Å². The molecular formula is C18H21N3O3S. The Kier molecular flexibility index (Phi) is 5.45. The number of hydrogen-bond acceptors (Lipinski definition) is 6. The van der Waals surface area contributed by atoms with E-state index in [9.17, 15) is 9.59 Å². The van der Waals surface area contributed by atoms with Crippen molar-refractivity contribution in [1.29, 1.82) is 0 Å². The van der Waals surface area contributed by atoms with E-state index in [0.29, 0.717) is 17.2 Å². The molecule has 1 amide bonds. The first-order valence-electron chi connectivity index (χ1n) is 8.25. The summed E-state index contributed by atoms with van der Waals surface area (Å²) in [6.45, 7) is 0. The molecule has 0 bridgehead atoms. The zero-order valence-corrected chi connectivity index (χ0v) is 14.8. The predicted octanol–water partition coefficient (Wildman–Crippen LogP) is 2.59. The largest absolute Gasteiger partial charge is 0.469 e. The van der Waals surface area contributed by atoms with Crippen LogP contribution in [0.2, 0.25) is 0 Å². The molecule has 3 rings (SSSR count). The number of anilines is 1. The topological polar surface area (TPSA) is 94.3 Å². The molecule has 1 fully saturated rings. The molecule has 0 aliphatic heterocycles. The number of hydrogen-bond donors (Lipinski definition) is 2. The lowest BCUT2D eigenvalue weighted by atomic mass is 10.1. The Labute approximate surface area is 150 Å². The van der Waals surface area contributed by atoms with Crippen molar-refractivity contribution in [3.8, 4) is 11.3 Å². The van der Waals surface area contributed by atoms with E-state index in [1.54, 1.807) is 0 Å². The number of carbonyl (C=O) groups excluding carboxylic acids is 2. The molecule has 132 valence electrons. The van der Waals surface area contributed by atoms with Gasteiger partial charge in [-0.15, -0.1) is 11.3 Å². The van der Waals surface area contributed by atoms with Gasteiger partial charge in [-0.05, 0) is 19.3 Å². The zero-order valence-electron chi connectivity index (χ0n) is 14.0. The third-order valence-corrected chi connectivity index (χ3v) is 5.32. The van der Waals surface area contributed by atoms with Gasteiger partial charge in [0, 0.05) is 22.4 Å². The number of aromatic nitrogens is 1. The second-order valence-electron chi connectivity index (χ2n) is 6.17. The minimum atomic E-state index is -0.333. The second kappa shape index (κ2) is 7.76. The van der Waals surface area contributed by atoms with Gasteiger partial charge in [0.15, 0.2) is 5.13 Å². The van der Waals surface area contributed by atoms with Crippen molar-refractivity contribution >= 4 is 28.3 Å². The molecule has 1 heterocycles. The van der Waals surface area contributed by atoms with Gasteiger partial charge in [0.1, 0.15) is 0 Å². The lowest BCUT2D eigenvalue weighted by molar-refractivity contribution is -0.139. The van der Waals surface area contributed by atoms with Crippen molar-refractivity contribution < 1.29 is 14.3 Å². The van der Waals surface area contributed by atoms with Crippen LogP contribution < -0.4 is 11.1 Å². The summed E-state index contributed by atoms with van der Waals surface area (Å²) in [7, 11) is 1.36. The minimum Gasteiger partial charge on any atom is -0.469 e. The Morgan fingerprint density at radius 1 is 1.32 bits per heavy atom. The Morgan fingerprint density at radius 3 is 2.72 bits per heavy atom. The fraction of sp³-hybridized carbons (Fsp3) is 0.389. The maximum atomic E-state index is 12.4. The molecule has 7 heteroatoms. The van der Waals surface area contributed by atoms with Gasteiger partial charge in [0.05, 0.1) is 19.2 Å². The second-order valence-corrected chi connectivity index (χ2v) is 7.25. The Hall–Kier alpha value is -2.25. The zero-order chi connectivity index (χ0) is 17.8. The van der Waals surface area contributed by atoms with Crippen LogP contribution in [0.3, 0.4) is 0 Å². The molecule has 1 saturated carbocycles. The van der Waals surface area contributed by atoms with Crippen LogP contribution in [0.15, 0.2) is 30.3 Å². The summed E-state index contributed by atoms with van der Waals surface area (Å²) in [6, 6.07) is 9.70. The van der Waals surface area contributed by atoms with Crippen molar-refractivity contribution in [3.63, 3.8) is 0 Å². The van der Waals surface area contributed by atoms with Crippen molar-refractivity contribution in [2.45, 2.75) is 31.7 Å². The van der Waals surface area contributed by atoms with Crippen LogP contribution in [0.1, 0.15) is 24.1 Å². The standard InChI is InChI=1S/C18H21N3O3S/c1-24-15(22)10-14-16(11-5-3-2-4-6-11)20-18(25-14)21-17(23)12-7-8-13(19)9-12/h2-6,12-13H,7-10,19H2,1H3,(H,20,21,23). The van der Waals surface area contributed by atoms with Crippen LogP contribution in [-0.2, 0) is 20.7 Å². The van der Waals surface area contributed by atoms with Crippen LogP contribution in [0.25, 0.3) is 11.3 Å². The molecule has 2 atom stereocenters. The molecule has 0 saturated heterocycles. The highest BCUT2D eigenvalue weighted by molar-refractivity contribution is 7.16. The number of nitrogens with one attached hydrogen (secondary N) is 1. The van der Waals surface area contributed by atoms with Crippen molar-refractivity contribution in [2.75, 3.05) is 12.4 Å². The number of benzene rings is 1. The van der Waals surface area contributed by atoms with Gasteiger partial charge in [0.25, 0.3) is 0 Å². The van der Waals surface area contributed by atoms with Gasteiger partial charge in [-0.2, -0.15) is 0 Å². The van der Waals surface area contributed by atoms with Crippen LogP contribution >= 0.6 is 11.3 Å². The van der Waals surface area contributed by atoms with Crippen LogP contribution in [0.5, 0.6) is 0 Å². The first-order chi connectivity index (χ1) is 12.1. The van der Waals surface area contributed by atoms with Crippen molar-refractivity contribution in [3.05, 3.63) is 35.2 Å². The van der Waals surface area contributed by atoms with E-state index in [4.69, 9.17) is 10.5 Å². The maximum absolute atomic E-state index is 12.4. The summed E-state index contributed by atoms with van der Waals surface area (Å²) < 4.78 is 4.77. The van der Waals surface area contributed by atoms with E-state index in [0.717, 1.165) is 23.3 Å². The maximum Gasteiger partial charge on any atom is 0.310 e. The molecule has 1 aromatic heterocycles. The molecule has 1 aliphatic carbocycles. The molecule has 3 N–H and O–H groups in total. The van der Waals surface area contributed by atoms with Crippen molar-refractivity contribution in [1.82, 2.24) is 4.98 Å². The number of carbonyl (C=O) groups is 2. The van der Waals surface area contributed by atoms with Crippen molar-refractivity contribution in [2.24, 2.45) is 11.7 Å². The number of rotatable bonds is 5.